The van der Waals surface area contributed by atoms with Gasteiger partial charge in [0.1, 0.15) is 0 Å². The molecule has 0 saturated heterocycles. The number of aliphatic hydroxyl groups excluding tert-OH is 1. The summed E-state index contributed by atoms with van der Waals surface area (Å²) in [4.78, 5) is 20.1. The standard InChI is InChI=1S/C10H18O4.C2H6O.2H3N/c11-9(12)7-5-3-1-2-4-6-8-10(13)14;1-2-3;;/h1-8H2,(H,11,12)(H,13,14);3H,2H2,1H3;2*1H3. The van der Waals surface area contributed by atoms with E-state index in [0.29, 0.717) is 12.8 Å². The molecule has 0 bridgehead atoms. The van der Waals surface area contributed by atoms with Crippen LogP contribution in [0.3, 0.4) is 0 Å². The van der Waals surface area contributed by atoms with Crippen LogP contribution in [0.25, 0.3) is 0 Å². The van der Waals surface area contributed by atoms with Crippen molar-refractivity contribution in [2.75, 3.05) is 6.61 Å². The van der Waals surface area contributed by atoms with E-state index < -0.39 is 11.9 Å². The number of hydrogen-bond donors (Lipinski definition) is 3. The van der Waals surface area contributed by atoms with Gasteiger partial charge in [-0.15, -0.1) is 0 Å². The maximum absolute atomic E-state index is 10.0. The summed E-state index contributed by atoms with van der Waals surface area (Å²) in [6, 6.07) is 0. The van der Waals surface area contributed by atoms with Crippen molar-refractivity contribution in [2.24, 2.45) is 0 Å². The van der Waals surface area contributed by atoms with Gasteiger partial charge < -0.3 is 37.2 Å². The Balaban J connectivity index is -0.000000204. The Labute approximate surface area is 115 Å². The molecule has 0 spiro atoms. The molecule has 0 rings (SSSR count). The van der Waals surface area contributed by atoms with Crippen LogP contribution in [0.15, 0.2) is 0 Å². The number of carbonyl (C=O) groups excluding carboxylic acids is 2. The number of unbranched alkanes of at least 4 members (excludes halogenated alkanes) is 5. The molecule has 118 valence electrons. The van der Waals surface area contributed by atoms with Crippen LogP contribution in [0.5, 0.6) is 0 Å². The van der Waals surface area contributed by atoms with Crippen LogP contribution in [0.4, 0.5) is 0 Å². The van der Waals surface area contributed by atoms with Crippen LogP contribution >= 0.6 is 0 Å². The van der Waals surface area contributed by atoms with E-state index >= 15 is 0 Å². The zero-order valence-electron chi connectivity index (χ0n) is 12.4. The lowest BCUT2D eigenvalue weighted by atomic mass is 10.1. The fourth-order valence-corrected chi connectivity index (χ4v) is 1.25. The summed E-state index contributed by atoms with van der Waals surface area (Å²) in [7, 11) is 0. The van der Waals surface area contributed by atoms with Gasteiger partial charge in [0.15, 0.2) is 0 Å². The van der Waals surface area contributed by atoms with Crippen molar-refractivity contribution in [3.8, 4) is 0 Å². The van der Waals surface area contributed by atoms with Crippen LogP contribution < -0.4 is 22.5 Å². The van der Waals surface area contributed by atoms with Gasteiger partial charge in [0.2, 0.25) is 0 Å². The SMILES string of the molecule is CCO.O=C([O-])CCCCCCCCC(=O)[O-].[NH4+].[NH4+]. The molecular formula is C12H30N2O5. The fraction of sp³-hybridized carbons (Fsp3) is 0.833. The first-order chi connectivity index (χ1) is 8.04. The Hall–Kier alpha value is -1.18. The van der Waals surface area contributed by atoms with Crippen molar-refractivity contribution >= 4 is 11.9 Å². The number of rotatable bonds is 9. The normalized spacial score (nSPS) is 8.32. The minimum absolute atomic E-state index is 0. The third-order valence-corrected chi connectivity index (χ3v) is 2.01. The summed E-state index contributed by atoms with van der Waals surface area (Å²) in [6.45, 7) is 1.93. The van der Waals surface area contributed by atoms with E-state index in [-0.39, 0.29) is 31.7 Å². The monoisotopic (exact) mass is 282 g/mol. The van der Waals surface area contributed by atoms with Gasteiger partial charge in [-0.1, -0.05) is 25.7 Å². The minimum atomic E-state index is -0.998. The van der Waals surface area contributed by atoms with Gasteiger partial charge in [0, 0.05) is 18.5 Å². The number of carboxylic acid groups (broad SMARTS) is 2. The van der Waals surface area contributed by atoms with Crippen LogP contribution in [-0.4, -0.2) is 23.7 Å². The molecule has 0 unspecified atom stereocenters. The van der Waals surface area contributed by atoms with Crippen LogP contribution in [-0.2, 0) is 9.59 Å². The maximum Gasteiger partial charge on any atom is 0.0414 e. The smallest absolute Gasteiger partial charge is 0.0414 e. The first kappa shape index (κ1) is 26.4. The first-order valence-corrected chi connectivity index (χ1v) is 6.05. The minimum Gasteiger partial charge on any atom is -0.550 e. The molecule has 19 heavy (non-hydrogen) atoms. The zero-order valence-corrected chi connectivity index (χ0v) is 12.4. The van der Waals surface area contributed by atoms with Crippen molar-refractivity contribution in [3.63, 3.8) is 0 Å². The molecular weight excluding hydrogens is 252 g/mol. The van der Waals surface area contributed by atoms with Crippen molar-refractivity contribution in [1.82, 2.24) is 12.3 Å². The van der Waals surface area contributed by atoms with Crippen molar-refractivity contribution in [2.45, 2.75) is 58.3 Å². The second-order valence-electron chi connectivity index (χ2n) is 3.68. The summed E-state index contributed by atoms with van der Waals surface area (Å²) in [6.07, 6.45) is 5.23. The molecule has 0 amide bonds. The molecule has 0 aromatic carbocycles. The van der Waals surface area contributed by atoms with Crippen LogP contribution in [0.2, 0.25) is 0 Å². The third-order valence-electron chi connectivity index (χ3n) is 2.01. The Morgan fingerprint density at radius 3 is 1.21 bits per heavy atom. The van der Waals surface area contributed by atoms with Crippen molar-refractivity contribution < 1.29 is 24.9 Å². The van der Waals surface area contributed by atoms with Gasteiger partial charge in [-0.05, 0) is 32.6 Å². The van der Waals surface area contributed by atoms with E-state index in [9.17, 15) is 19.8 Å². The molecule has 7 heteroatoms. The predicted octanol–water partition coefficient (Wildman–Crippen LogP) is 0.358. The average molecular weight is 282 g/mol. The molecule has 0 fully saturated rings. The first-order valence-electron chi connectivity index (χ1n) is 6.05. The molecule has 7 nitrogen and oxygen atoms in total. The summed E-state index contributed by atoms with van der Waals surface area (Å²) < 4.78 is 0. The summed E-state index contributed by atoms with van der Waals surface area (Å²) in [5.74, 6) is -2.00. The van der Waals surface area contributed by atoms with Crippen molar-refractivity contribution in [1.29, 1.82) is 0 Å². The van der Waals surface area contributed by atoms with E-state index in [1.807, 2.05) is 0 Å². The van der Waals surface area contributed by atoms with Gasteiger partial charge in [0.05, 0.1) is 0 Å². The lowest BCUT2D eigenvalue weighted by Crippen LogP contribution is -2.21. The fourth-order valence-electron chi connectivity index (χ4n) is 1.25. The lowest BCUT2D eigenvalue weighted by Gasteiger charge is -2.03. The van der Waals surface area contributed by atoms with Gasteiger partial charge in [0.25, 0.3) is 0 Å². The molecule has 0 aliphatic heterocycles. The lowest BCUT2D eigenvalue weighted by molar-refractivity contribution is -0.307. The molecule has 9 N–H and O–H groups in total. The summed E-state index contributed by atoms with van der Waals surface area (Å²) in [5, 5.41) is 27.6. The largest absolute Gasteiger partial charge is 0.550 e. The Kier molecular flexibility index (Phi) is 30.6. The van der Waals surface area contributed by atoms with Gasteiger partial charge in [-0.2, -0.15) is 0 Å². The molecule has 0 saturated carbocycles. The molecule has 0 atom stereocenters. The molecule has 0 aromatic rings. The Bertz CT molecular complexity index is 181. The highest BCUT2D eigenvalue weighted by Crippen LogP contribution is 2.07. The van der Waals surface area contributed by atoms with E-state index in [1.54, 1.807) is 6.92 Å². The van der Waals surface area contributed by atoms with Crippen LogP contribution in [0, 0.1) is 0 Å². The second-order valence-corrected chi connectivity index (χ2v) is 3.68. The maximum atomic E-state index is 10.0. The topological polar surface area (TPSA) is 173 Å². The number of aliphatic carboxylic acids is 2. The highest BCUT2D eigenvalue weighted by atomic mass is 16.4. The van der Waals surface area contributed by atoms with E-state index in [0.717, 1.165) is 25.7 Å². The van der Waals surface area contributed by atoms with Crippen molar-refractivity contribution in [3.05, 3.63) is 0 Å². The van der Waals surface area contributed by atoms with E-state index in [4.69, 9.17) is 5.11 Å². The number of aliphatic hydroxyl groups is 1. The number of quaternary nitrogens is 2. The van der Waals surface area contributed by atoms with E-state index in [2.05, 4.69) is 0 Å². The predicted molar refractivity (Wildman–Crippen MR) is 71.7 cm³/mol. The third kappa shape index (κ3) is 38.3. The van der Waals surface area contributed by atoms with Gasteiger partial charge >= 0.3 is 0 Å². The molecule has 0 radical (unpaired) electrons. The summed E-state index contributed by atoms with van der Waals surface area (Å²) in [5.41, 5.74) is 0. The molecule has 0 heterocycles. The number of hydrogen-bond acceptors (Lipinski definition) is 5. The van der Waals surface area contributed by atoms with Gasteiger partial charge in [-0.25, -0.2) is 0 Å². The Morgan fingerprint density at radius 1 is 0.789 bits per heavy atom. The quantitative estimate of drug-likeness (QED) is 0.516. The number of carbonyl (C=O) groups is 2. The summed E-state index contributed by atoms with van der Waals surface area (Å²) >= 11 is 0. The van der Waals surface area contributed by atoms with Gasteiger partial charge in [-0.3, -0.25) is 0 Å². The van der Waals surface area contributed by atoms with E-state index in [1.165, 1.54) is 0 Å². The Morgan fingerprint density at radius 2 is 1.00 bits per heavy atom. The molecule has 0 aliphatic carbocycles. The average Bonchev–Trinajstić information content (AvgIpc) is 2.22. The van der Waals surface area contributed by atoms with Crippen LogP contribution in [0.1, 0.15) is 58.3 Å². The highest BCUT2D eigenvalue weighted by Gasteiger charge is 1.92. The zero-order chi connectivity index (χ0) is 13.5. The molecule has 0 aromatic heterocycles. The number of carboxylic acids is 2. The highest BCUT2D eigenvalue weighted by molar-refractivity contribution is 5.64. The molecule has 0 aliphatic rings. The second kappa shape index (κ2) is 22.0.